The zero-order chi connectivity index (χ0) is 18.0. The number of nitrogens with zero attached hydrogens (tertiary/aromatic N) is 2. The molecule has 2 heterocycles. The van der Waals surface area contributed by atoms with Gasteiger partial charge in [-0.25, -0.2) is 9.48 Å². The highest BCUT2D eigenvalue weighted by molar-refractivity contribution is 5.95. The van der Waals surface area contributed by atoms with E-state index < -0.39 is 12.1 Å². The minimum absolute atomic E-state index is 0.102. The van der Waals surface area contributed by atoms with Crippen molar-refractivity contribution in [3.8, 4) is 5.69 Å². The summed E-state index contributed by atoms with van der Waals surface area (Å²) in [5.74, 6) is -0.0358. The highest BCUT2D eigenvalue weighted by Gasteiger charge is 2.30. The molecule has 1 saturated heterocycles. The second-order valence-corrected chi connectivity index (χ2v) is 6.62. The van der Waals surface area contributed by atoms with Gasteiger partial charge in [0.1, 0.15) is 6.04 Å². The number of hydrogen-bond acceptors (Lipinski definition) is 3. The Morgan fingerprint density at radius 1 is 1.32 bits per heavy atom. The Labute approximate surface area is 146 Å². The third kappa shape index (κ3) is 3.81. The van der Waals surface area contributed by atoms with Crippen molar-refractivity contribution in [1.29, 1.82) is 0 Å². The van der Waals surface area contributed by atoms with Gasteiger partial charge in [-0.3, -0.25) is 4.79 Å². The molecule has 3 rings (SSSR count). The number of piperidine rings is 1. The zero-order valence-electron chi connectivity index (χ0n) is 14.7. The molecule has 3 N–H and O–H groups in total. The fraction of sp³-hybridized carbons (Fsp3) is 0.389. The molecule has 132 valence electrons. The first-order valence-electron chi connectivity index (χ1n) is 8.41. The van der Waals surface area contributed by atoms with Gasteiger partial charge in [-0.15, -0.1) is 0 Å². The molecule has 2 atom stereocenters. The van der Waals surface area contributed by atoms with E-state index in [-0.39, 0.29) is 11.8 Å². The second kappa shape index (κ2) is 6.96. The number of hydrogen-bond donors (Lipinski definition) is 3. The van der Waals surface area contributed by atoms with Crippen molar-refractivity contribution >= 4 is 17.6 Å². The van der Waals surface area contributed by atoms with Crippen molar-refractivity contribution in [1.82, 2.24) is 20.4 Å². The Morgan fingerprint density at radius 2 is 2.12 bits per heavy atom. The Morgan fingerprint density at radius 3 is 2.80 bits per heavy atom. The normalized spacial score (nSPS) is 20.0. The van der Waals surface area contributed by atoms with Crippen LogP contribution in [0.25, 0.3) is 5.69 Å². The van der Waals surface area contributed by atoms with Gasteiger partial charge in [-0.05, 0) is 49.4 Å². The van der Waals surface area contributed by atoms with Crippen LogP contribution in [0.1, 0.15) is 24.5 Å². The van der Waals surface area contributed by atoms with Crippen LogP contribution in [-0.4, -0.2) is 34.3 Å². The summed E-state index contributed by atoms with van der Waals surface area (Å²) in [4.78, 5) is 24.4. The van der Waals surface area contributed by atoms with Crippen LogP contribution in [0.4, 0.5) is 10.5 Å². The van der Waals surface area contributed by atoms with E-state index in [2.05, 4.69) is 21.0 Å². The molecule has 25 heavy (non-hydrogen) atoms. The fourth-order valence-electron chi connectivity index (χ4n) is 2.96. The number of urea groups is 1. The Balaban J connectivity index is 1.79. The molecular weight excluding hydrogens is 318 g/mol. The van der Waals surface area contributed by atoms with E-state index in [1.807, 2.05) is 45.2 Å². The van der Waals surface area contributed by atoms with Crippen molar-refractivity contribution in [2.24, 2.45) is 5.92 Å². The first-order chi connectivity index (χ1) is 11.9. The van der Waals surface area contributed by atoms with Gasteiger partial charge in [0.25, 0.3) is 0 Å². The standard InChI is InChI=1S/C18H23N5O2/c1-11-4-5-15(23-10-12(2)9-20-23)14(8-11)21-18(25)22-16-13(3)6-7-19-17(16)24/h4-5,8-10,13,16H,6-7H2,1-3H3,(H,19,24)(H2,21,22,25)/t13-,16+/m0/s1. The summed E-state index contributed by atoms with van der Waals surface area (Å²) in [5.41, 5.74) is 3.47. The molecule has 0 radical (unpaired) electrons. The van der Waals surface area contributed by atoms with Crippen molar-refractivity contribution in [3.63, 3.8) is 0 Å². The topological polar surface area (TPSA) is 88.1 Å². The maximum Gasteiger partial charge on any atom is 0.319 e. The van der Waals surface area contributed by atoms with Crippen molar-refractivity contribution in [3.05, 3.63) is 41.7 Å². The first kappa shape index (κ1) is 17.0. The largest absolute Gasteiger partial charge is 0.354 e. The number of benzene rings is 1. The lowest BCUT2D eigenvalue weighted by molar-refractivity contribution is -0.125. The molecule has 1 aromatic carbocycles. The molecule has 1 fully saturated rings. The molecule has 2 aromatic rings. The lowest BCUT2D eigenvalue weighted by Gasteiger charge is -2.29. The summed E-state index contributed by atoms with van der Waals surface area (Å²) >= 11 is 0. The SMILES string of the molecule is Cc1ccc(-n2cc(C)cn2)c(NC(=O)N[C@H]2C(=O)NCC[C@@H]2C)c1. The van der Waals surface area contributed by atoms with Gasteiger partial charge in [0.2, 0.25) is 5.91 Å². The number of amides is 3. The van der Waals surface area contributed by atoms with E-state index in [1.165, 1.54) is 0 Å². The third-order valence-corrected chi connectivity index (χ3v) is 4.40. The Hall–Kier alpha value is -2.83. The summed E-state index contributed by atoms with van der Waals surface area (Å²) in [7, 11) is 0. The van der Waals surface area contributed by atoms with E-state index >= 15 is 0 Å². The number of carbonyl (C=O) groups excluding carboxylic acids is 2. The quantitative estimate of drug-likeness (QED) is 0.799. The molecule has 7 heteroatoms. The van der Waals surface area contributed by atoms with E-state index in [4.69, 9.17) is 0 Å². The lowest BCUT2D eigenvalue weighted by Crippen LogP contribution is -2.55. The van der Waals surface area contributed by atoms with E-state index in [0.29, 0.717) is 12.2 Å². The smallest absolute Gasteiger partial charge is 0.319 e. The molecule has 0 bridgehead atoms. The molecule has 0 saturated carbocycles. The van der Waals surface area contributed by atoms with Gasteiger partial charge in [0.05, 0.1) is 17.6 Å². The maximum atomic E-state index is 12.4. The monoisotopic (exact) mass is 341 g/mol. The van der Waals surface area contributed by atoms with Crippen LogP contribution >= 0.6 is 0 Å². The van der Waals surface area contributed by atoms with Gasteiger partial charge < -0.3 is 16.0 Å². The molecule has 0 spiro atoms. The molecule has 1 aromatic heterocycles. The van der Waals surface area contributed by atoms with Crippen LogP contribution < -0.4 is 16.0 Å². The van der Waals surface area contributed by atoms with Gasteiger partial charge in [0.15, 0.2) is 0 Å². The van der Waals surface area contributed by atoms with E-state index in [9.17, 15) is 9.59 Å². The van der Waals surface area contributed by atoms with Gasteiger partial charge >= 0.3 is 6.03 Å². The summed E-state index contributed by atoms with van der Waals surface area (Å²) in [5, 5.41) is 12.7. The van der Waals surface area contributed by atoms with Crippen LogP contribution in [0.3, 0.4) is 0 Å². The highest BCUT2D eigenvalue weighted by atomic mass is 16.2. The average Bonchev–Trinajstić information content (AvgIpc) is 2.97. The number of aromatic nitrogens is 2. The molecule has 0 aliphatic carbocycles. The number of anilines is 1. The van der Waals surface area contributed by atoms with Crippen LogP contribution in [-0.2, 0) is 4.79 Å². The van der Waals surface area contributed by atoms with Crippen LogP contribution in [0.5, 0.6) is 0 Å². The van der Waals surface area contributed by atoms with Crippen LogP contribution in [0.15, 0.2) is 30.6 Å². The first-order valence-corrected chi connectivity index (χ1v) is 8.41. The molecule has 1 aliphatic heterocycles. The van der Waals surface area contributed by atoms with Gasteiger partial charge in [-0.1, -0.05) is 13.0 Å². The number of aryl methyl sites for hydroxylation is 2. The van der Waals surface area contributed by atoms with E-state index in [0.717, 1.165) is 23.2 Å². The zero-order valence-corrected chi connectivity index (χ0v) is 14.7. The lowest BCUT2D eigenvalue weighted by atomic mass is 9.94. The Kier molecular flexibility index (Phi) is 4.74. The van der Waals surface area contributed by atoms with Crippen molar-refractivity contribution in [2.75, 3.05) is 11.9 Å². The maximum absolute atomic E-state index is 12.4. The minimum atomic E-state index is -0.519. The molecule has 0 unspecified atom stereocenters. The average molecular weight is 341 g/mol. The second-order valence-electron chi connectivity index (χ2n) is 6.62. The Bertz CT molecular complexity index is 799. The summed E-state index contributed by atoms with van der Waals surface area (Å²) < 4.78 is 1.72. The molecular formula is C18H23N5O2. The van der Waals surface area contributed by atoms with Crippen LogP contribution in [0, 0.1) is 19.8 Å². The fourth-order valence-corrected chi connectivity index (χ4v) is 2.96. The summed E-state index contributed by atoms with van der Waals surface area (Å²) in [6, 6.07) is 4.84. The van der Waals surface area contributed by atoms with Crippen molar-refractivity contribution in [2.45, 2.75) is 33.2 Å². The minimum Gasteiger partial charge on any atom is -0.354 e. The summed E-state index contributed by atoms with van der Waals surface area (Å²) in [6.45, 7) is 6.53. The van der Waals surface area contributed by atoms with E-state index in [1.54, 1.807) is 10.9 Å². The molecule has 3 amide bonds. The predicted octanol–water partition coefficient (Wildman–Crippen LogP) is 2.14. The summed E-state index contributed by atoms with van der Waals surface area (Å²) in [6.07, 6.45) is 4.50. The number of nitrogens with one attached hydrogen (secondary N) is 3. The highest BCUT2D eigenvalue weighted by Crippen LogP contribution is 2.22. The number of carbonyl (C=O) groups is 2. The predicted molar refractivity (Wildman–Crippen MR) is 95.8 cm³/mol. The van der Waals surface area contributed by atoms with Crippen LogP contribution in [0.2, 0.25) is 0 Å². The van der Waals surface area contributed by atoms with Crippen molar-refractivity contribution < 1.29 is 9.59 Å². The number of rotatable bonds is 3. The third-order valence-electron chi connectivity index (χ3n) is 4.40. The molecule has 1 aliphatic rings. The van der Waals surface area contributed by atoms with Gasteiger partial charge in [-0.2, -0.15) is 5.10 Å². The molecule has 7 nitrogen and oxygen atoms in total. The van der Waals surface area contributed by atoms with Gasteiger partial charge in [0, 0.05) is 12.7 Å².